The lowest BCUT2D eigenvalue weighted by Gasteiger charge is -2.33. The first-order valence-corrected chi connectivity index (χ1v) is 7.44. The maximum atomic E-state index is 12.4. The van der Waals surface area contributed by atoms with Crippen molar-refractivity contribution in [3.05, 3.63) is 29.3 Å². The van der Waals surface area contributed by atoms with E-state index < -0.39 is 0 Å². The van der Waals surface area contributed by atoms with Gasteiger partial charge in [0.25, 0.3) is 0 Å². The summed E-state index contributed by atoms with van der Waals surface area (Å²) in [6.45, 7) is 4.25. The van der Waals surface area contributed by atoms with Crippen LogP contribution >= 0.6 is 0 Å². The van der Waals surface area contributed by atoms with Gasteiger partial charge >= 0.3 is 0 Å². The first-order chi connectivity index (χ1) is 9.31. The highest BCUT2D eigenvalue weighted by atomic mass is 16.2. The number of hydrogen-bond acceptors (Lipinski definition) is 2. The summed E-state index contributed by atoms with van der Waals surface area (Å²) in [5.41, 5.74) is 3.82. The van der Waals surface area contributed by atoms with Gasteiger partial charge in [-0.3, -0.25) is 4.79 Å². The van der Waals surface area contributed by atoms with E-state index in [9.17, 15) is 4.79 Å². The number of rotatable bonds is 3. The van der Waals surface area contributed by atoms with Crippen LogP contribution in [0.25, 0.3) is 0 Å². The minimum atomic E-state index is 0.297. The summed E-state index contributed by atoms with van der Waals surface area (Å²) in [6.07, 6.45) is 4.94. The molecule has 0 atom stereocenters. The number of aryl methyl sites for hydroxylation is 1. The zero-order chi connectivity index (χ0) is 13.2. The summed E-state index contributed by atoms with van der Waals surface area (Å²) in [6, 6.07) is 6.80. The van der Waals surface area contributed by atoms with Crippen LogP contribution in [0, 0.1) is 0 Å². The highest BCUT2D eigenvalue weighted by Crippen LogP contribution is 2.36. The Balaban J connectivity index is 1.96. The summed E-state index contributed by atoms with van der Waals surface area (Å²) in [7, 11) is 0. The number of nitrogens with one attached hydrogen (secondary N) is 1. The van der Waals surface area contributed by atoms with Gasteiger partial charge in [-0.15, -0.1) is 0 Å². The molecule has 19 heavy (non-hydrogen) atoms. The van der Waals surface area contributed by atoms with Crippen LogP contribution in [0.1, 0.15) is 37.3 Å². The van der Waals surface area contributed by atoms with Crippen molar-refractivity contribution in [2.24, 2.45) is 0 Å². The number of hydrogen-bond donors (Lipinski definition) is 1. The van der Waals surface area contributed by atoms with Crippen LogP contribution in [0.4, 0.5) is 5.69 Å². The van der Waals surface area contributed by atoms with Crippen molar-refractivity contribution in [3.63, 3.8) is 0 Å². The van der Waals surface area contributed by atoms with Gasteiger partial charge < -0.3 is 10.2 Å². The Labute approximate surface area is 115 Å². The van der Waals surface area contributed by atoms with Gasteiger partial charge in [-0.25, -0.2) is 0 Å². The zero-order valence-electron chi connectivity index (χ0n) is 11.6. The summed E-state index contributed by atoms with van der Waals surface area (Å²) in [5, 5.41) is 3.38. The van der Waals surface area contributed by atoms with Gasteiger partial charge in [-0.05, 0) is 43.5 Å². The number of carbonyl (C=O) groups is 1. The summed E-state index contributed by atoms with van der Waals surface area (Å²) >= 11 is 0. The van der Waals surface area contributed by atoms with E-state index in [1.165, 1.54) is 16.8 Å². The molecule has 0 saturated carbocycles. The SMILES string of the molecule is CCCc1cccc2c1N(C1CCNCC1)C(=O)C2. The fourth-order valence-electron chi connectivity index (χ4n) is 3.39. The van der Waals surface area contributed by atoms with Crippen molar-refractivity contribution in [3.8, 4) is 0 Å². The molecule has 0 aromatic heterocycles. The van der Waals surface area contributed by atoms with Crippen LogP contribution in [0.15, 0.2) is 18.2 Å². The van der Waals surface area contributed by atoms with Crippen LogP contribution in [-0.2, 0) is 17.6 Å². The van der Waals surface area contributed by atoms with Crippen molar-refractivity contribution in [1.29, 1.82) is 0 Å². The quantitative estimate of drug-likeness (QED) is 0.902. The van der Waals surface area contributed by atoms with Gasteiger partial charge in [0.05, 0.1) is 12.1 Å². The lowest BCUT2D eigenvalue weighted by molar-refractivity contribution is -0.117. The smallest absolute Gasteiger partial charge is 0.231 e. The number of fused-ring (bicyclic) bond motifs is 1. The second-order valence-corrected chi connectivity index (χ2v) is 5.60. The maximum absolute atomic E-state index is 12.4. The lowest BCUT2D eigenvalue weighted by atomic mass is 10.0. The minimum absolute atomic E-state index is 0.297. The second-order valence-electron chi connectivity index (χ2n) is 5.60. The van der Waals surface area contributed by atoms with E-state index in [1.807, 2.05) is 0 Å². The van der Waals surface area contributed by atoms with Gasteiger partial charge in [0.2, 0.25) is 5.91 Å². The molecule has 1 amide bonds. The van der Waals surface area contributed by atoms with Crippen molar-refractivity contribution >= 4 is 11.6 Å². The maximum Gasteiger partial charge on any atom is 0.231 e. The number of carbonyl (C=O) groups excluding carboxylic acids is 1. The molecular weight excluding hydrogens is 236 g/mol. The summed E-state index contributed by atoms with van der Waals surface area (Å²) in [4.78, 5) is 14.5. The van der Waals surface area contributed by atoms with E-state index in [2.05, 4.69) is 35.3 Å². The molecular formula is C16H22N2O. The normalized spacial score (nSPS) is 19.8. The number of para-hydroxylation sites is 1. The molecule has 1 aromatic carbocycles. The molecule has 0 unspecified atom stereocenters. The van der Waals surface area contributed by atoms with Crippen molar-refractivity contribution in [1.82, 2.24) is 5.32 Å². The van der Waals surface area contributed by atoms with Gasteiger partial charge in [0.1, 0.15) is 0 Å². The fourth-order valence-corrected chi connectivity index (χ4v) is 3.39. The molecule has 2 aliphatic rings. The Bertz CT molecular complexity index is 478. The van der Waals surface area contributed by atoms with Crippen LogP contribution in [0.5, 0.6) is 0 Å². The van der Waals surface area contributed by atoms with Crippen LogP contribution in [-0.4, -0.2) is 25.0 Å². The van der Waals surface area contributed by atoms with Crippen LogP contribution < -0.4 is 10.2 Å². The molecule has 3 nitrogen and oxygen atoms in total. The van der Waals surface area contributed by atoms with E-state index >= 15 is 0 Å². The van der Waals surface area contributed by atoms with E-state index in [1.54, 1.807) is 0 Å². The average Bonchev–Trinajstić information content (AvgIpc) is 2.77. The highest BCUT2D eigenvalue weighted by Gasteiger charge is 2.34. The number of amides is 1. The molecule has 3 heteroatoms. The third kappa shape index (κ3) is 2.27. The molecule has 1 aromatic rings. The van der Waals surface area contributed by atoms with Crippen LogP contribution in [0.2, 0.25) is 0 Å². The zero-order valence-corrected chi connectivity index (χ0v) is 11.6. The van der Waals surface area contributed by atoms with E-state index in [-0.39, 0.29) is 0 Å². The Kier molecular flexibility index (Phi) is 3.56. The van der Waals surface area contributed by atoms with Gasteiger partial charge in [0.15, 0.2) is 0 Å². The van der Waals surface area contributed by atoms with E-state index in [4.69, 9.17) is 0 Å². The van der Waals surface area contributed by atoms with E-state index in [0.29, 0.717) is 18.4 Å². The molecule has 1 saturated heterocycles. The number of benzene rings is 1. The molecule has 2 aliphatic heterocycles. The molecule has 0 bridgehead atoms. The average molecular weight is 258 g/mol. The third-order valence-electron chi connectivity index (χ3n) is 4.25. The van der Waals surface area contributed by atoms with Crippen molar-refractivity contribution in [2.45, 2.75) is 45.1 Å². The standard InChI is InChI=1S/C16H22N2O/c1-2-4-12-5-3-6-13-11-15(19)18(16(12)13)14-7-9-17-10-8-14/h3,5-6,14,17H,2,4,7-11H2,1H3. The number of anilines is 1. The summed E-state index contributed by atoms with van der Waals surface area (Å²) < 4.78 is 0. The Hall–Kier alpha value is -1.35. The van der Waals surface area contributed by atoms with Crippen molar-refractivity contribution in [2.75, 3.05) is 18.0 Å². The predicted octanol–water partition coefficient (Wildman–Crippen LogP) is 2.28. The Morgan fingerprint density at radius 2 is 2.11 bits per heavy atom. The summed E-state index contributed by atoms with van der Waals surface area (Å²) in [5.74, 6) is 0.297. The van der Waals surface area contributed by atoms with Gasteiger partial charge in [0, 0.05) is 6.04 Å². The first kappa shape index (κ1) is 12.7. The Morgan fingerprint density at radius 3 is 2.84 bits per heavy atom. The van der Waals surface area contributed by atoms with Gasteiger partial charge in [-0.1, -0.05) is 31.5 Å². The number of nitrogens with zero attached hydrogens (tertiary/aromatic N) is 1. The largest absolute Gasteiger partial charge is 0.317 e. The molecule has 102 valence electrons. The van der Waals surface area contributed by atoms with E-state index in [0.717, 1.165) is 38.8 Å². The second kappa shape index (κ2) is 5.33. The predicted molar refractivity (Wildman–Crippen MR) is 77.5 cm³/mol. The molecule has 3 rings (SSSR count). The Morgan fingerprint density at radius 1 is 1.32 bits per heavy atom. The molecule has 1 fully saturated rings. The fraction of sp³-hybridized carbons (Fsp3) is 0.562. The lowest BCUT2D eigenvalue weighted by Crippen LogP contribution is -2.45. The molecule has 0 radical (unpaired) electrons. The van der Waals surface area contributed by atoms with Crippen molar-refractivity contribution < 1.29 is 4.79 Å². The van der Waals surface area contributed by atoms with Gasteiger partial charge in [-0.2, -0.15) is 0 Å². The minimum Gasteiger partial charge on any atom is -0.317 e. The third-order valence-corrected chi connectivity index (χ3v) is 4.25. The topological polar surface area (TPSA) is 32.3 Å². The first-order valence-electron chi connectivity index (χ1n) is 7.44. The molecule has 2 heterocycles. The molecule has 0 aliphatic carbocycles. The number of piperidine rings is 1. The molecule has 0 spiro atoms. The monoisotopic (exact) mass is 258 g/mol. The highest BCUT2D eigenvalue weighted by molar-refractivity contribution is 6.02. The van der Waals surface area contributed by atoms with Crippen LogP contribution in [0.3, 0.4) is 0 Å². The molecule has 1 N–H and O–H groups in total.